The van der Waals surface area contributed by atoms with Crippen LogP contribution in [0.1, 0.15) is 50.3 Å². The summed E-state index contributed by atoms with van der Waals surface area (Å²) < 4.78 is 5.41. The van der Waals surface area contributed by atoms with E-state index in [2.05, 4.69) is 0 Å². The van der Waals surface area contributed by atoms with Crippen LogP contribution in [0.3, 0.4) is 0 Å². The SMILES string of the molecule is O=C(CC1(C(=O)O)CCC1)N1CCCC1c1ccco1. The summed E-state index contributed by atoms with van der Waals surface area (Å²) >= 11 is 0. The molecule has 2 heterocycles. The molecule has 0 bridgehead atoms. The van der Waals surface area contributed by atoms with Crippen LogP contribution in [0.25, 0.3) is 0 Å². The van der Waals surface area contributed by atoms with Crippen molar-refractivity contribution in [3.05, 3.63) is 24.2 Å². The van der Waals surface area contributed by atoms with Gasteiger partial charge in [-0.05, 0) is 37.8 Å². The smallest absolute Gasteiger partial charge is 0.310 e. The maximum Gasteiger partial charge on any atom is 0.310 e. The number of amides is 1. The Bertz CT molecular complexity index is 504. The average Bonchev–Trinajstić information content (AvgIpc) is 3.01. The number of carboxylic acids is 1. The lowest BCUT2D eigenvalue weighted by Crippen LogP contribution is -2.43. The van der Waals surface area contributed by atoms with Gasteiger partial charge in [-0.1, -0.05) is 6.42 Å². The van der Waals surface area contributed by atoms with Crippen molar-refractivity contribution in [2.75, 3.05) is 6.54 Å². The fraction of sp³-hybridized carbons (Fsp3) is 0.600. The lowest BCUT2D eigenvalue weighted by molar-refractivity contribution is -0.159. The molecule has 1 amide bonds. The number of nitrogens with zero attached hydrogens (tertiary/aromatic N) is 1. The molecular weight excluding hydrogens is 258 g/mol. The second kappa shape index (κ2) is 4.96. The highest BCUT2D eigenvalue weighted by Crippen LogP contribution is 2.45. The summed E-state index contributed by atoms with van der Waals surface area (Å²) in [6, 6.07) is 3.68. The summed E-state index contributed by atoms with van der Waals surface area (Å²) in [7, 11) is 0. The highest BCUT2D eigenvalue weighted by atomic mass is 16.4. The van der Waals surface area contributed by atoms with E-state index in [-0.39, 0.29) is 18.4 Å². The van der Waals surface area contributed by atoms with Crippen molar-refractivity contribution in [1.82, 2.24) is 4.90 Å². The van der Waals surface area contributed by atoms with Gasteiger partial charge in [0.15, 0.2) is 0 Å². The van der Waals surface area contributed by atoms with Gasteiger partial charge in [0.05, 0.1) is 17.7 Å². The zero-order valence-electron chi connectivity index (χ0n) is 11.4. The molecule has 1 saturated carbocycles. The number of likely N-dealkylation sites (tertiary alicyclic amines) is 1. The van der Waals surface area contributed by atoms with E-state index in [1.165, 1.54) is 0 Å². The molecule has 0 radical (unpaired) electrons. The van der Waals surface area contributed by atoms with Gasteiger partial charge in [0, 0.05) is 13.0 Å². The molecule has 1 aliphatic heterocycles. The number of carboxylic acid groups (broad SMARTS) is 1. The summed E-state index contributed by atoms with van der Waals surface area (Å²) in [6.45, 7) is 0.694. The number of rotatable bonds is 4. The van der Waals surface area contributed by atoms with E-state index in [4.69, 9.17) is 4.42 Å². The number of furan rings is 1. The Hall–Kier alpha value is -1.78. The summed E-state index contributed by atoms with van der Waals surface area (Å²) in [5, 5.41) is 9.34. The minimum absolute atomic E-state index is 0.0246. The lowest BCUT2D eigenvalue weighted by Gasteiger charge is -2.38. The van der Waals surface area contributed by atoms with Crippen molar-refractivity contribution in [2.24, 2.45) is 5.41 Å². The average molecular weight is 277 g/mol. The molecule has 1 aromatic rings. The molecule has 5 nitrogen and oxygen atoms in total. The second-order valence-corrected chi connectivity index (χ2v) is 5.88. The molecule has 108 valence electrons. The third kappa shape index (κ3) is 2.11. The zero-order chi connectivity index (χ0) is 14.2. The molecule has 0 aromatic carbocycles. The van der Waals surface area contributed by atoms with Gasteiger partial charge in [0.25, 0.3) is 0 Å². The van der Waals surface area contributed by atoms with E-state index in [9.17, 15) is 14.7 Å². The van der Waals surface area contributed by atoms with Crippen LogP contribution in [0.4, 0.5) is 0 Å². The first kappa shape index (κ1) is 13.2. The molecule has 3 rings (SSSR count). The van der Waals surface area contributed by atoms with Crippen molar-refractivity contribution < 1.29 is 19.1 Å². The Balaban J connectivity index is 1.72. The Morgan fingerprint density at radius 2 is 2.20 bits per heavy atom. The van der Waals surface area contributed by atoms with E-state index in [1.54, 1.807) is 11.2 Å². The van der Waals surface area contributed by atoms with E-state index in [1.807, 2.05) is 12.1 Å². The third-order valence-electron chi connectivity index (χ3n) is 4.70. The van der Waals surface area contributed by atoms with Gasteiger partial charge in [0.1, 0.15) is 5.76 Å². The van der Waals surface area contributed by atoms with Crippen molar-refractivity contribution in [3.63, 3.8) is 0 Å². The first-order valence-corrected chi connectivity index (χ1v) is 7.19. The molecule has 1 aliphatic carbocycles. The molecule has 1 N–H and O–H groups in total. The fourth-order valence-corrected chi connectivity index (χ4v) is 3.30. The molecule has 0 spiro atoms. The molecular formula is C15H19NO4. The summed E-state index contributed by atoms with van der Waals surface area (Å²) in [5.41, 5.74) is -0.812. The molecule has 1 atom stereocenters. The van der Waals surface area contributed by atoms with Gasteiger partial charge in [-0.15, -0.1) is 0 Å². The largest absolute Gasteiger partial charge is 0.481 e. The predicted molar refractivity (Wildman–Crippen MR) is 70.9 cm³/mol. The first-order chi connectivity index (χ1) is 9.62. The number of carbonyl (C=O) groups is 2. The Morgan fingerprint density at radius 3 is 2.75 bits per heavy atom. The predicted octanol–water partition coefficient (Wildman–Crippen LogP) is 2.59. The summed E-state index contributed by atoms with van der Waals surface area (Å²) in [5.74, 6) is -0.0781. The standard InChI is InChI=1S/C15H19NO4/c17-13(10-15(14(18)19)6-3-7-15)16-8-1-4-11(16)12-5-2-9-20-12/h2,5,9,11H,1,3-4,6-8,10H2,(H,18,19). The molecule has 2 aliphatic rings. The summed E-state index contributed by atoms with van der Waals surface area (Å²) in [4.78, 5) is 25.7. The number of hydrogen-bond acceptors (Lipinski definition) is 3. The first-order valence-electron chi connectivity index (χ1n) is 7.19. The minimum atomic E-state index is -0.828. The fourth-order valence-electron chi connectivity index (χ4n) is 3.30. The second-order valence-electron chi connectivity index (χ2n) is 5.88. The third-order valence-corrected chi connectivity index (χ3v) is 4.70. The van der Waals surface area contributed by atoms with Gasteiger partial charge in [-0.3, -0.25) is 9.59 Å². The Morgan fingerprint density at radius 1 is 1.40 bits per heavy atom. The number of hydrogen-bond donors (Lipinski definition) is 1. The molecule has 20 heavy (non-hydrogen) atoms. The monoisotopic (exact) mass is 277 g/mol. The normalized spacial score (nSPS) is 24.4. The van der Waals surface area contributed by atoms with Crippen molar-refractivity contribution in [3.8, 4) is 0 Å². The molecule has 5 heteroatoms. The van der Waals surface area contributed by atoms with Crippen molar-refractivity contribution >= 4 is 11.9 Å². The number of aliphatic carboxylic acids is 1. The van der Waals surface area contributed by atoms with Gasteiger partial charge in [-0.2, -0.15) is 0 Å². The zero-order valence-corrected chi connectivity index (χ0v) is 11.4. The van der Waals surface area contributed by atoms with Crippen molar-refractivity contribution in [2.45, 2.75) is 44.6 Å². The van der Waals surface area contributed by atoms with Gasteiger partial charge < -0.3 is 14.4 Å². The number of carbonyl (C=O) groups excluding carboxylic acids is 1. The van der Waals surface area contributed by atoms with Gasteiger partial charge in [-0.25, -0.2) is 0 Å². The van der Waals surface area contributed by atoms with E-state index in [0.717, 1.165) is 25.0 Å². The van der Waals surface area contributed by atoms with E-state index < -0.39 is 11.4 Å². The van der Waals surface area contributed by atoms with Gasteiger partial charge >= 0.3 is 5.97 Å². The maximum absolute atomic E-state index is 12.5. The van der Waals surface area contributed by atoms with Crippen LogP contribution in [0, 0.1) is 5.41 Å². The van der Waals surface area contributed by atoms with Crippen LogP contribution in [0.5, 0.6) is 0 Å². The van der Waals surface area contributed by atoms with E-state index in [0.29, 0.717) is 19.4 Å². The van der Waals surface area contributed by atoms with Crippen LogP contribution < -0.4 is 0 Å². The van der Waals surface area contributed by atoms with E-state index >= 15 is 0 Å². The van der Waals surface area contributed by atoms with Crippen LogP contribution in [0.2, 0.25) is 0 Å². The molecule has 1 saturated heterocycles. The van der Waals surface area contributed by atoms with Crippen molar-refractivity contribution in [1.29, 1.82) is 0 Å². The topological polar surface area (TPSA) is 70.8 Å². The quantitative estimate of drug-likeness (QED) is 0.918. The minimum Gasteiger partial charge on any atom is -0.481 e. The van der Waals surface area contributed by atoms with Crippen LogP contribution >= 0.6 is 0 Å². The summed E-state index contributed by atoms with van der Waals surface area (Å²) in [6.07, 6.45) is 5.71. The van der Waals surface area contributed by atoms with Crippen LogP contribution in [0.15, 0.2) is 22.8 Å². The highest BCUT2D eigenvalue weighted by molar-refractivity contribution is 5.86. The molecule has 2 fully saturated rings. The molecule has 1 aromatic heterocycles. The maximum atomic E-state index is 12.5. The van der Waals surface area contributed by atoms with Gasteiger partial charge in [0.2, 0.25) is 5.91 Å². The van der Waals surface area contributed by atoms with Crippen LogP contribution in [-0.2, 0) is 9.59 Å². The Labute approximate surface area is 117 Å². The highest BCUT2D eigenvalue weighted by Gasteiger charge is 2.47. The Kier molecular flexibility index (Phi) is 3.28. The lowest BCUT2D eigenvalue weighted by atomic mass is 9.66. The molecule has 1 unspecified atom stereocenters. The van der Waals surface area contributed by atoms with Crippen LogP contribution in [-0.4, -0.2) is 28.4 Å².